The van der Waals surface area contributed by atoms with E-state index in [0.29, 0.717) is 17.3 Å². The van der Waals surface area contributed by atoms with Crippen molar-refractivity contribution in [3.8, 4) is 0 Å². The van der Waals surface area contributed by atoms with Gasteiger partial charge in [-0.05, 0) is 41.9 Å². The van der Waals surface area contributed by atoms with Crippen LogP contribution in [0.2, 0.25) is 5.02 Å². The fourth-order valence-electron chi connectivity index (χ4n) is 3.58. The quantitative estimate of drug-likeness (QED) is 0.629. The molecule has 0 N–H and O–H groups in total. The van der Waals surface area contributed by atoms with Gasteiger partial charge in [-0.25, -0.2) is 0 Å². The Hall–Kier alpha value is -0.490. The Morgan fingerprint density at radius 1 is 1.06 bits per heavy atom. The van der Waals surface area contributed by atoms with Gasteiger partial charge in [0.25, 0.3) is 0 Å². The highest BCUT2D eigenvalue weighted by Crippen LogP contribution is 2.50. The minimum Gasteiger partial charge on any atom is -0.0840 e. The molecule has 0 atom stereocenters. The second-order valence-electron chi connectivity index (χ2n) is 5.62. The van der Waals surface area contributed by atoms with E-state index in [-0.39, 0.29) is 0 Å². The number of benzene rings is 1. The van der Waals surface area contributed by atoms with Crippen molar-refractivity contribution in [2.75, 3.05) is 0 Å². The minimum absolute atomic E-state index is 0.334. The predicted molar refractivity (Wildman–Crippen MR) is 82.5 cm³/mol. The summed E-state index contributed by atoms with van der Waals surface area (Å²) in [5.41, 5.74) is 3.23. The number of halogens is 1. The maximum Gasteiger partial charge on any atom is 0.0440 e. The van der Waals surface area contributed by atoms with Crippen LogP contribution in [0.25, 0.3) is 0 Å². The molecule has 18 heavy (non-hydrogen) atoms. The van der Waals surface area contributed by atoms with Gasteiger partial charge in [0.1, 0.15) is 0 Å². The van der Waals surface area contributed by atoms with Gasteiger partial charge in [-0.2, -0.15) is 0 Å². The van der Waals surface area contributed by atoms with Gasteiger partial charge in [0, 0.05) is 10.4 Å². The lowest BCUT2D eigenvalue weighted by Gasteiger charge is -2.39. The number of hydrogen-bond acceptors (Lipinski definition) is 0. The van der Waals surface area contributed by atoms with E-state index in [0.717, 1.165) is 11.4 Å². The van der Waals surface area contributed by atoms with Crippen molar-refractivity contribution < 1.29 is 0 Å². The summed E-state index contributed by atoms with van der Waals surface area (Å²) in [5, 5.41) is 0.959. The predicted octanol–water partition coefficient (Wildman–Crippen LogP) is 5.86. The van der Waals surface area contributed by atoms with Crippen LogP contribution in [0.5, 0.6) is 0 Å². The first-order valence-corrected chi connectivity index (χ1v) is 7.65. The van der Waals surface area contributed by atoms with Crippen LogP contribution in [0, 0.1) is 11.8 Å². The maximum absolute atomic E-state index is 6.31. The summed E-state index contributed by atoms with van der Waals surface area (Å²) < 4.78 is 0. The second kappa shape index (κ2) is 6.10. The van der Waals surface area contributed by atoms with E-state index < -0.39 is 0 Å². The lowest BCUT2D eigenvalue weighted by atomic mass is 9.65. The van der Waals surface area contributed by atoms with Crippen LogP contribution in [-0.2, 0) is 11.8 Å². The largest absolute Gasteiger partial charge is 0.0840 e. The molecule has 1 heteroatoms. The van der Waals surface area contributed by atoms with Crippen LogP contribution in [0.15, 0.2) is 18.2 Å². The minimum atomic E-state index is 0.334. The van der Waals surface area contributed by atoms with E-state index in [1.807, 2.05) is 19.9 Å². The molecule has 0 fully saturated rings. The topological polar surface area (TPSA) is 0 Å². The van der Waals surface area contributed by atoms with Gasteiger partial charge in [-0.15, -0.1) is 0 Å². The molecular formula is C17H27Cl. The Morgan fingerprint density at radius 3 is 2.11 bits per heavy atom. The number of fused-ring (bicyclic) bond motifs is 1. The van der Waals surface area contributed by atoms with Gasteiger partial charge >= 0.3 is 0 Å². The van der Waals surface area contributed by atoms with Gasteiger partial charge in [0.2, 0.25) is 0 Å². The van der Waals surface area contributed by atoms with E-state index >= 15 is 0 Å². The maximum atomic E-state index is 6.31. The molecule has 0 aliphatic heterocycles. The molecule has 2 rings (SSSR count). The smallest absolute Gasteiger partial charge is 0.0440 e. The van der Waals surface area contributed by atoms with Gasteiger partial charge in [0.05, 0.1) is 0 Å². The van der Waals surface area contributed by atoms with Gasteiger partial charge in [-0.3, -0.25) is 0 Å². The Balaban J connectivity index is 0.000000771. The third-order valence-corrected chi connectivity index (χ3v) is 4.82. The standard InChI is InChI=1S/C15H21Cl.C2H6/c1-10(2)15(11(3)4)9-8-12-13(15)6-5-7-14(12)16;1-2/h5-7,10-11H,8-9H2,1-4H3;1-2H3. The second-order valence-corrected chi connectivity index (χ2v) is 6.02. The zero-order valence-electron chi connectivity index (χ0n) is 12.7. The average Bonchev–Trinajstić information content (AvgIpc) is 2.73. The molecule has 1 aliphatic carbocycles. The number of hydrogen-bond donors (Lipinski definition) is 0. The Labute approximate surface area is 118 Å². The van der Waals surface area contributed by atoms with Crippen molar-refractivity contribution >= 4 is 11.6 Å². The lowest BCUT2D eigenvalue weighted by molar-refractivity contribution is 0.218. The molecule has 0 heterocycles. The lowest BCUT2D eigenvalue weighted by Crippen LogP contribution is -2.35. The average molecular weight is 267 g/mol. The van der Waals surface area contributed by atoms with Crippen molar-refractivity contribution in [1.29, 1.82) is 0 Å². The molecule has 0 saturated heterocycles. The molecule has 0 amide bonds. The summed E-state index contributed by atoms with van der Waals surface area (Å²) in [6.45, 7) is 13.4. The molecule has 0 nitrogen and oxygen atoms in total. The first-order chi connectivity index (χ1) is 8.50. The Bertz CT molecular complexity index is 383. The molecule has 102 valence electrons. The first-order valence-electron chi connectivity index (χ1n) is 7.28. The molecule has 0 unspecified atom stereocenters. The SMILES string of the molecule is CC.CC(C)C1(C(C)C)CCc2c(Cl)cccc21. The molecule has 1 aliphatic rings. The molecule has 0 radical (unpaired) electrons. The van der Waals surface area contributed by atoms with E-state index in [4.69, 9.17) is 11.6 Å². The van der Waals surface area contributed by atoms with Crippen molar-refractivity contribution in [3.63, 3.8) is 0 Å². The monoisotopic (exact) mass is 266 g/mol. The third-order valence-electron chi connectivity index (χ3n) is 4.47. The van der Waals surface area contributed by atoms with Gasteiger partial charge in [-0.1, -0.05) is 65.3 Å². The van der Waals surface area contributed by atoms with Crippen LogP contribution in [0.1, 0.15) is 59.1 Å². The summed E-state index contributed by atoms with van der Waals surface area (Å²) in [6, 6.07) is 6.41. The van der Waals surface area contributed by atoms with E-state index in [9.17, 15) is 0 Å². The van der Waals surface area contributed by atoms with Crippen molar-refractivity contribution in [2.24, 2.45) is 11.8 Å². The first kappa shape index (κ1) is 15.6. The molecule has 0 bridgehead atoms. The van der Waals surface area contributed by atoms with Crippen LogP contribution >= 0.6 is 11.6 Å². The Kier molecular flexibility index (Phi) is 5.28. The van der Waals surface area contributed by atoms with Crippen LogP contribution in [-0.4, -0.2) is 0 Å². The zero-order valence-corrected chi connectivity index (χ0v) is 13.4. The van der Waals surface area contributed by atoms with Crippen LogP contribution in [0.4, 0.5) is 0 Å². The summed E-state index contributed by atoms with van der Waals surface area (Å²) in [7, 11) is 0. The molecular weight excluding hydrogens is 240 g/mol. The fraction of sp³-hybridized carbons (Fsp3) is 0.647. The van der Waals surface area contributed by atoms with Crippen molar-refractivity contribution in [2.45, 2.75) is 59.8 Å². The van der Waals surface area contributed by atoms with E-state index in [1.165, 1.54) is 17.5 Å². The van der Waals surface area contributed by atoms with E-state index in [2.05, 4.69) is 39.8 Å². The van der Waals surface area contributed by atoms with E-state index in [1.54, 1.807) is 0 Å². The third kappa shape index (κ3) is 2.32. The van der Waals surface area contributed by atoms with Crippen molar-refractivity contribution in [1.82, 2.24) is 0 Å². The highest BCUT2D eigenvalue weighted by atomic mass is 35.5. The highest BCUT2D eigenvalue weighted by molar-refractivity contribution is 6.31. The molecule has 0 aromatic heterocycles. The van der Waals surface area contributed by atoms with Gasteiger partial charge in [0.15, 0.2) is 0 Å². The molecule has 1 aromatic carbocycles. The zero-order chi connectivity index (χ0) is 13.9. The summed E-state index contributed by atoms with van der Waals surface area (Å²) in [6.07, 6.45) is 2.40. The molecule has 0 spiro atoms. The molecule has 1 aromatic rings. The summed E-state index contributed by atoms with van der Waals surface area (Å²) in [5.74, 6) is 1.35. The Morgan fingerprint density at radius 2 is 1.61 bits per heavy atom. The number of rotatable bonds is 2. The summed E-state index contributed by atoms with van der Waals surface area (Å²) >= 11 is 6.31. The summed E-state index contributed by atoms with van der Waals surface area (Å²) in [4.78, 5) is 0. The fourth-order valence-corrected chi connectivity index (χ4v) is 3.85. The molecule has 0 saturated carbocycles. The normalized spacial score (nSPS) is 16.5. The highest BCUT2D eigenvalue weighted by Gasteiger charge is 2.44. The van der Waals surface area contributed by atoms with Crippen molar-refractivity contribution in [3.05, 3.63) is 34.3 Å². The van der Waals surface area contributed by atoms with Crippen LogP contribution in [0.3, 0.4) is 0 Å². The van der Waals surface area contributed by atoms with Crippen LogP contribution < -0.4 is 0 Å². The van der Waals surface area contributed by atoms with Gasteiger partial charge < -0.3 is 0 Å².